The van der Waals surface area contributed by atoms with Gasteiger partial charge >= 0.3 is 0 Å². The summed E-state index contributed by atoms with van der Waals surface area (Å²) in [6, 6.07) is 14.1. The zero-order chi connectivity index (χ0) is 19.4. The van der Waals surface area contributed by atoms with Crippen LogP contribution in [0.15, 0.2) is 53.3 Å². The van der Waals surface area contributed by atoms with Crippen LogP contribution in [0, 0.1) is 0 Å². The van der Waals surface area contributed by atoms with E-state index >= 15 is 0 Å². The van der Waals surface area contributed by atoms with Crippen LogP contribution in [0.4, 0.5) is 5.69 Å². The number of nitrogens with one attached hydrogen (secondary N) is 2. The Morgan fingerprint density at radius 2 is 1.93 bits per heavy atom. The lowest BCUT2D eigenvalue weighted by Crippen LogP contribution is -2.33. The molecule has 0 aliphatic carbocycles. The van der Waals surface area contributed by atoms with Gasteiger partial charge in [0.15, 0.2) is 0 Å². The van der Waals surface area contributed by atoms with Crippen molar-refractivity contribution < 1.29 is 9.53 Å². The van der Waals surface area contributed by atoms with Crippen LogP contribution in [0.5, 0.6) is 5.75 Å². The fraction of sp³-hybridized carbons (Fsp3) is 0.250. The standard InChI is InChI=1S/C20H22N4O3/c1-13(19-22-17-7-5-4-6-16(17)20(26)23-19)24(2)12-18(25)21-14-8-10-15(27-3)11-9-14/h4-11,13H,12H2,1-3H3,(H,21,25)(H,22,23,26)/t13-/m0/s1. The third-order valence-corrected chi connectivity index (χ3v) is 4.45. The normalized spacial score (nSPS) is 12.1. The molecule has 0 fully saturated rings. The van der Waals surface area contributed by atoms with Crippen molar-refractivity contribution in [3.05, 3.63) is 64.7 Å². The molecular weight excluding hydrogens is 344 g/mol. The van der Waals surface area contributed by atoms with Gasteiger partial charge in [0.1, 0.15) is 11.6 Å². The Hall–Kier alpha value is -3.19. The fourth-order valence-electron chi connectivity index (χ4n) is 2.75. The Kier molecular flexibility index (Phi) is 5.52. The number of carbonyl (C=O) groups is 1. The molecule has 3 rings (SSSR count). The zero-order valence-electron chi connectivity index (χ0n) is 15.5. The smallest absolute Gasteiger partial charge is 0.258 e. The molecular formula is C20H22N4O3. The van der Waals surface area contributed by atoms with E-state index in [1.807, 2.05) is 24.9 Å². The van der Waals surface area contributed by atoms with Crippen molar-refractivity contribution in [3.63, 3.8) is 0 Å². The molecule has 7 heteroatoms. The van der Waals surface area contributed by atoms with Crippen molar-refractivity contribution in [3.8, 4) is 5.75 Å². The van der Waals surface area contributed by atoms with Crippen LogP contribution in [-0.4, -0.2) is 41.5 Å². The van der Waals surface area contributed by atoms with Crippen molar-refractivity contribution in [2.45, 2.75) is 13.0 Å². The average Bonchev–Trinajstić information content (AvgIpc) is 2.67. The number of methoxy groups -OCH3 is 1. The Morgan fingerprint density at radius 3 is 2.63 bits per heavy atom. The minimum atomic E-state index is -0.232. The topological polar surface area (TPSA) is 87.3 Å². The third-order valence-electron chi connectivity index (χ3n) is 4.45. The van der Waals surface area contributed by atoms with E-state index in [9.17, 15) is 9.59 Å². The minimum Gasteiger partial charge on any atom is -0.497 e. The number of H-pyrrole nitrogens is 1. The number of carbonyl (C=O) groups excluding carboxylic acids is 1. The van der Waals surface area contributed by atoms with Crippen molar-refractivity contribution in [1.82, 2.24) is 14.9 Å². The quantitative estimate of drug-likeness (QED) is 0.700. The SMILES string of the molecule is COc1ccc(NC(=O)CN(C)[C@@H](C)c2nc3ccccc3c(=O)[nH]2)cc1. The second-order valence-electron chi connectivity index (χ2n) is 6.34. The van der Waals surface area contributed by atoms with Gasteiger partial charge in [-0.1, -0.05) is 12.1 Å². The number of hydrogen-bond donors (Lipinski definition) is 2. The van der Waals surface area contributed by atoms with Gasteiger partial charge in [-0.05, 0) is 50.4 Å². The van der Waals surface area contributed by atoms with Crippen LogP contribution >= 0.6 is 0 Å². The van der Waals surface area contributed by atoms with Crippen LogP contribution in [0.1, 0.15) is 18.8 Å². The highest BCUT2D eigenvalue weighted by Crippen LogP contribution is 2.17. The summed E-state index contributed by atoms with van der Waals surface area (Å²) in [5.74, 6) is 1.10. The number of nitrogens with zero attached hydrogens (tertiary/aromatic N) is 2. The molecule has 0 bridgehead atoms. The van der Waals surface area contributed by atoms with Gasteiger partial charge in [0.25, 0.3) is 5.56 Å². The number of likely N-dealkylation sites (N-methyl/N-ethyl adjacent to an activating group) is 1. The van der Waals surface area contributed by atoms with Crippen molar-refractivity contribution in [2.24, 2.45) is 0 Å². The second-order valence-corrected chi connectivity index (χ2v) is 6.34. The number of hydrogen-bond acceptors (Lipinski definition) is 5. The fourth-order valence-corrected chi connectivity index (χ4v) is 2.75. The Labute approximate surface area is 157 Å². The van der Waals surface area contributed by atoms with E-state index in [-0.39, 0.29) is 24.1 Å². The molecule has 0 radical (unpaired) electrons. The molecule has 0 spiro atoms. The molecule has 0 unspecified atom stereocenters. The molecule has 140 valence electrons. The first-order chi connectivity index (χ1) is 13.0. The van der Waals surface area contributed by atoms with Crippen molar-refractivity contribution in [1.29, 1.82) is 0 Å². The second kappa shape index (κ2) is 8.01. The van der Waals surface area contributed by atoms with Gasteiger partial charge in [0.05, 0.1) is 30.6 Å². The maximum absolute atomic E-state index is 12.3. The van der Waals surface area contributed by atoms with E-state index in [0.29, 0.717) is 22.4 Å². The molecule has 1 aromatic heterocycles. The van der Waals surface area contributed by atoms with E-state index in [1.165, 1.54) is 0 Å². The molecule has 27 heavy (non-hydrogen) atoms. The molecule has 2 aromatic carbocycles. The van der Waals surface area contributed by atoms with Gasteiger partial charge < -0.3 is 15.0 Å². The zero-order valence-corrected chi connectivity index (χ0v) is 15.5. The average molecular weight is 366 g/mol. The van der Waals surface area contributed by atoms with E-state index in [2.05, 4.69) is 15.3 Å². The molecule has 1 amide bonds. The number of aromatic nitrogens is 2. The van der Waals surface area contributed by atoms with E-state index in [0.717, 1.165) is 5.75 Å². The predicted molar refractivity (Wildman–Crippen MR) is 105 cm³/mol. The summed E-state index contributed by atoms with van der Waals surface area (Å²) in [5.41, 5.74) is 1.15. The first kappa shape index (κ1) is 18.6. The number of rotatable bonds is 6. The molecule has 1 heterocycles. The van der Waals surface area contributed by atoms with Crippen LogP contribution < -0.4 is 15.6 Å². The lowest BCUT2D eigenvalue weighted by molar-refractivity contribution is -0.117. The summed E-state index contributed by atoms with van der Waals surface area (Å²) in [6.07, 6.45) is 0. The maximum atomic E-state index is 12.3. The number of fused-ring (bicyclic) bond motifs is 1. The molecule has 1 atom stereocenters. The highest BCUT2D eigenvalue weighted by atomic mass is 16.5. The highest BCUT2D eigenvalue weighted by Gasteiger charge is 2.18. The summed E-state index contributed by atoms with van der Waals surface area (Å²) in [4.78, 5) is 33.7. The Balaban J connectivity index is 1.68. The van der Waals surface area contributed by atoms with Gasteiger partial charge in [0, 0.05) is 5.69 Å². The number of benzene rings is 2. The monoisotopic (exact) mass is 366 g/mol. The summed E-state index contributed by atoms with van der Waals surface area (Å²) >= 11 is 0. The number of aromatic amines is 1. The summed E-state index contributed by atoms with van der Waals surface area (Å²) in [6.45, 7) is 2.05. The largest absolute Gasteiger partial charge is 0.497 e. The van der Waals surface area contributed by atoms with Gasteiger partial charge in [-0.15, -0.1) is 0 Å². The lowest BCUT2D eigenvalue weighted by atomic mass is 10.2. The molecule has 0 aliphatic rings. The van der Waals surface area contributed by atoms with Crippen LogP contribution in [0.25, 0.3) is 10.9 Å². The molecule has 2 N–H and O–H groups in total. The summed E-state index contributed by atoms with van der Waals surface area (Å²) in [7, 11) is 3.41. The number of ether oxygens (including phenoxy) is 1. The first-order valence-corrected chi connectivity index (χ1v) is 8.61. The lowest BCUT2D eigenvalue weighted by Gasteiger charge is -2.23. The van der Waals surface area contributed by atoms with Crippen LogP contribution in [0.2, 0.25) is 0 Å². The van der Waals surface area contributed by atoms with Gasteiger partial charge in [0.2, 0.25) is 5.91 Å². The van der Waals surface area contributed by atoms with E-state index in [1.54, 1.807) is 49.6 Å². The first-order valence-electron chi connectivity index (χ1n) is 8.61. The number of anilines is 1. The maximum Gasteiger partial charge on any atom is 0.258 e. The molecule has 0 saturated carbocycles. The molecule has 0 saturated heterocycles. The highest BCUT2D eigenvalue weighted by molar-refractivity contribution is 5.92. The molecule has 7 nitrogen and oxygen atoms in total. The number of para-hydroxylation sites is 1. The van der Waals surface area contributed by atoms with E-state index < -0.39 is 0 Å². The Morgan fingerprint density at radius 1 is 1.22 bits per heavy atom. The van der Waals surface area contributed by atoms with Gasteiger partial charge in [-0.3, -0.25) is 14.5 Å². The molecule has 3 aromatic rings. The summed E-state index contributed by atoms with van der Waals surface area (Å²) < 4.78 is 5.10. The van der Waals surface area contributed by atoms with Crippen LogP contribution in [-0.2, 0) is 4.79 Å². The van der Waals surface area contributed by atoms with Gasteiger partial charge in [-0.2, -0.15) is 0 Å². The minimum absolute atomic E-state index is 0.155. The van der Waals surface area contributed by atoms with Crippen LogP contribution in [0.3, 0.4) is 0 Å². The third kappa shape index (κ3) is 4.32. The van der Waals surface area contributed by atoms with E-state index in [4.69, 9.17) is 4.74 Å². The predicted octanol–water partition coefficient (Wildman–Crippen LogP) is 2.56. The van der Waals surface area contributed by atoms with Crippen molar-refractivity contribution >= 4 is 22.5 Å². The number of amides is 1. The van der Waals surface area contributed by atoms with Gasteiger partial charge in [-0.25, -0.2) is 4.98 Å². The summed E-state index contributed by atoms with van der Waals surface area (Å²) in [5, 5.41) is 3.39. The van der Waals surface area contributed by atoms with Crippen molar-refractivity contribution in [2.75, 3.05) is 26.0 Å². The molecule has 0 aliphatic heterocycles. The Bertz CT molecular complexity index is 998.